The minimum absolute atomic E-state index is 0.789. The van der Waals surface area contributed by atoms with Crippen LogP contribution in [-0.4, -0.2) is 5.75 Å². The van der Waals surface area contributed by atoms with Crippen LogP contribution in [0.25, 0.3) is 0 Å². The van der Waals surface area contributed by atoms with Gasteiger partial charge in [-0.25, -0.2) is 0 Å². The largest absolute Gasteiger partial charge is 0.192 e. The number of thioether (sulfide) groups is 1. The third kappa shape index (κ3) is 3.02. The first-order valence-electron chi connectivity index (χ1n) is 5.62. The topological polar surface area (TPSA) is 23.8 Å². The van der Waals surface area contributed by atoms with E-state index in [4.69, 9.17) is 5.26 Å². The van der Waals surface area contributed by atoms with Gasteiger partial charge in [-0.1, -0.05) is 28.8 Å². The molecule has 84 valence electrons. The maximum atomic E-state index is 9.05. The molecule has 1 aliphatic carbocycles. The smallest absolute Gasteiger partial charge is 0.100 e. The Balaban J connectivity index is 2.00. The molecule has 0 amide bonds. The molecule has 0 unspecified atom stereocenters. The Hall–Kier alpha value is -0.460. The predicted molar refractivity (Wildman–Crippen MR) is 71.5 cm³/mol. The van der Waals surface area contributed by atoms with Crippen LogP contribution >= 0.6 is 27.7 Å². The van der Waals surface area contributed by atoms with Gasteiger partial charge in [0, 0.05) is 15.1 Å². The molecule has 1 saturated carbocycles. The van der Waals surface area contributed by atoms with Crippen molar-refractivity contribution in [3.8, 4) is 6.07 Å². The van der Waals surface area contributed by atoms with Crippen LogP contribution in [0.3, 0.4) is 0 Å². The van der Waals surface area contributed by atoms with Crippen molar-refractivity contribution in [2.45, 2.75) is 30.6 Å². The Bertz CT molecular complexity index is 405. The van der Waals surface area contributed by atoms with E-state index in [9.17, 15) is 0 Å². The van der Waals surface area contributed by atoms with Crippen LogP contribution in [0.5, 0.6) is 0 Å². The van der Waals surface area contributed by atoms with Crippen LogP contribution < -0.4 is 0 Å². The molecule has 0 saturated heterocycles. The molecule has 2 rings (SSSR count). The van der Waals surface area contributed by atoms with Gasteiger partial charge in [0.05, 0.1) is 5.56 Å². The van der Waals surface area contributed by atoms with Crippen molar-refractivity contribution < 1.29 is 0 Å². The zero-order valence-corrected chi connectivity index (χ0v) is 11.5. The average Bonchev–Trinajstić information content (AvgIpc) is 2.80. The molecule has 1 aromatic carbocycles. The Kier molecular flexibility index (Phi) is 4.31. The lowest BCUT2D eigenvalue weighted by molar-refractivity contribution is 0.623. The van der Waals surface area contributed by atoms with Crippen LogP contribution in [-0.2, 0) is 0 Å². The number of nitriles is 1. The summed E-state index contributed by atoms with van der Waals surface area (Å²) in [5.41, 5.74) is 0.789. The molecule has 0 aliphatic heterocycles. The molecular weight excluding hydrogens is 282 g/mol. The molecular formula is C13H14BrNS. The van der Waals surface area contributed by atoms with E-state index in [0.717, 1.165) is 26.6 Å². The fraction of sp³-hybridized carbons (Fsp3) is 0.462. The Morgan fingerprint density at radius 2 is 2.12 bits per heavy atom. The Morgan fingerprint density at radius 1 is 1.38 bits per heavy atom. The third-order valence-electron chi connectivity index (χ3n) is 3.01. The van der Waals surface area contributed by atoms with Gasteiger partial charge in [0.15, 0.2) is 0 Å². The Labute approximate surface area is 109 Å². The SMILES string of the molecule is N#Cc1cc(Br)ccc1SCC1CCCC1. The summed E-state index contributed by atoms with van der Waals surface area (Å²) >= 11 is 5.23. The highest BCUT2D eigenvalue weighted by Crippen LogP contribution is 2.32. The van der Waals surface area contributed by atoms with E-state index >= 15 is 0 Å². The molecule has 1 fully saturated rings. The van der Waals surface area contributed by atoms with Crippen molar-refractivity contribution in [1.82, 2.24) is 0 Å². The van der Waals surface area contributed by atoms with Crippen molar-refractivity contribution in [3.05, 3.63) is 28.2 Å². The summed E-state index contributed by atoms with van der Waals surface area (Å²) in [5, 5.41) is 9.05. The van der Waals surface area contributed by atoms with Crippen LogP contribution in [0.15, 0.2) is 27.6 Å². The molecule has 16 heavy (non-hydrogen) atoms. The van der Waals surface area contributed by atoms with Gasteiger partial charge < -0.3 is 0 Å². The second kappa shape index (κ2) is 5.75. The third-order valence-corrected chi connectivity index (χ3v) is 4.81. The predicted octanol–water partition coefficient (Wildman–Crippen LogP) is 4.60. The van der Waals surface area contributed by atoms with E-state index in [0.29, 0.717) is 0 Å². The van der Waals surface area contributed by atoms with Crippen molar-refractivity contribution >= 4 is 27.7 Å². The number of hydrogen-bond acceptors (Lipinski definition) is 2. The van der Waals surface area contributed by atoms with Gasteiger partial charge in [-0.05, 0) is 37.0 Å². The van der Waals surface area contributed by atoms with E-state index in [1.165, 1.54) is 25.7 Å². The molecule has 3 heteroatoms. The first-order valence-corrected chi connectivity index (χ1v) is 7.40. The van der Waals surface area contributed by atoms with Crippen LogP contribution in [0, 0.1) is 17.2 Å². The molecule has 0 aromatic heterocycles. The number of nitrogens with zero attached hydrogens (tertiary/aromatic N) is 1. The van der Waals surface area contributed by atoms with E-state index in [2.05, 4.69) is 22.0 Å². The second-order valence-corrected chi connectivity index (χ2v) is 6.19. The van der Waals surface area contributed by atoms with Crippen molar-refractivity contribution in [2.75, 3.05) is 5.75 Å². The first kappa shape index (κ1) is 12.0. The number of rotatable bonds is 3. The highest BCUT2D eigenvalue weighted by molar-refractivity contribution is 9.10. The fourth-order valence-corrected chi connectivity index (χ4v) is 3.63. The molecule has 0 heterocycles. The zero-order chi connectivity index (χ0) is 11.4. The van der Waals surface area contributed by atoms with Gasteiger partial charge in [0.25, 0.3) is 0 Å². The molecule has 1 aliphatic rings. The molecule has 0 radical (unpaired) electrons. The number of halogens is 1. The molecule has 0 atom stereocenters. The van der Waals surface area contributed by atoms with Gasteiger partial charge in [-0.15, -0.1) is 11.8 Å². The Morgan fingerprint density at radius 3 is 2.81 bits per heavy atom. The summed E-state index contributed by atoms with van der Waals surface area (Å²) in [6, 6.07) is 8.22. The van der Waals surface area contributed by atoms with Crippen molar-refractivity contribution in [3.63, 3.8) is 0 Å². The van der Waals surface area contributed by atoms with Gasteiger partial charge in [0.1, 0.15) is 6.07 Å². The van der Waals surface area contributed by atoms with Crippen LogP contribution in [0.1, 0.15) is 31.2 Å². The standard InChI is InChI=1S/C13H14BrNS/c14-12-5-6-13(11(7-12)8-15)16-9-10-3-1-2-4-10/h5-7,10H,1-4,9H2. The second-order valence-electron chi connectivity index (χ2n) is 4.21. The van der Waals surface area contributed by atoms with Gasteiger partial charge in [0.2, 0.25) is 0 Å². The van der Waals surface area contributed by atoms with E-state index in [1.54, 1.807) is 0 Å². The summed E-state index contributed by atoms with van der Waals surface area (Å²) < 4.78 is 0.981. The quantitative estimate of drug-likeness (QED) is 0.761. The molecule has 0 spiro atoms. The summed E-state index contributed by atoms with van der Waals surface area (Å²) in [5.74, 6) is 2.02. The summed E-state index contributed by atoms with van der Waals surface area (Å²) in [4.78, 5) is 1.12. The fourth-order valence-electron chi connectivity index (χ4n) is 2.10. The van der Waals surface area contributed by atoms with Crippen molar-refractivity contribution in [1.29, 1.82) is 5.26 Å². The lowest BCUT2D eigenvalue weighted by Gasteiger charge is -2.09. The highest BCUT2D eigenvalue weighted by Gasteiger charge is 2.15. The number of benzene rings is 1. The van der Waals surface area contributed by atoms with E-state index in [-0.39, 0.29) is 0 Å². The van der Waals surface area contributed by atoms with Gasteiger partial charge >= 0.3 is 0 Å². The van der Waals surface area contributed by atoms with Crippen LogP contribution in [0.2, 0.25) is 0 Å². The minimum Gasteiger partial charge on any atom is -0.192 e. The van der Waals surface area contributed by atoms with Crippen LogP contribution in [0.4, 0.5) is 0 Å². The van der Waals surface area contributed by atoms with Gasteiger partial charge in [-0.2, -0.15) is 5.26 Å². The summed E-state index contributed by atoms with van der Waals surface area (Å²) in [6.45, 7) is 0. The normalized spacial score (nSPS) is 16.2. The lowest BCUT2D eigenvalue weighted by atomic mass is 10.1. The molecule has 0 N–H and O–H groups in total. The molecule has 0 bridgehead atoms. The monoisotopic (exact) mass is 295 g/mol. The maximum Gasteiger partial charge on any atom is 0.100 e. The zero-order valence-electron chi connectivity index (χ0n) is 9.08. The minimum atomic E-state index is 0.789. The van der Waals surface area contributed by atoms with Gasteiger partial charge in [-0.3, -0.25) is 0 Å². The van der Waals surface area contributed by atoms with Crippen molar-refractivity contribution in [2.24, 2.45) is 5.92 Å². The van der Waals surface area contributed by atoms with E-state index in [1.807, 2.05) is 30.0 Å². The lowest BCUT2D eigenvalue weighted by Crippen LogP contribution is -1.96. The first-order chi connectivity index (χ1) is 7.79. The summed E-state index contributed by atoms with van der Waals surface area (Å²) in [6.07, 6.45) is 5.50. The average molecular weight is 296 g/mol. The highest BCUT2D eigenvalue weighted by atomic mass is 79.9. The van der Waals surface area contributed by atoms with E-state index < -0.39 is 0 Å². The molecule has 1 aromatic rings. The maximum absolute atomic E-state index is 9.05. The molecule has 1 nitrogen and oxygen atoms in total. The number of hydrogen-bond donors (Lipinski definition) is 0. The summed E-state index contributed by atoms with van der Waals surface area (Å²) in [7, 11) is 0.